The van der Waals surface area contributed by atoms with Gasteiger partial charge in [-0.1, -0.05) is 5.16 Å². The van der Waals surface area contributed by atoms with Crippen molar-refractivity contribution in [2.75, 3.05) is 38.9 Å². The molecule has 0 bridgehead atoms. The summed E-state index contributed by atoms with van der Waals surface area (Å²) in [5, 5.41) is 12.5. The van der Waals surface area contributed by atoms with Gasteiger partial charge in [-0.05, 0) is 48.5 Å². The largest absolute Gasteiger partial charge is 0.510 e. The van der Waals surface area contributed by atoms with E-state index >= 15 is 0 Å². The topological polar surface area (TPSA) is 244 Å². The number of nitrogens with one attached hydrogen (secondary N) is 1. The number of amides is 1. The first-order chi connectivity index (χ1) is 21.1. The number of rotatable bonds is 21. The first-order valence-electron chi connectivity index (χ1n) is 13.0. The average molecular weight is 710 g/mol. The quantitative estimate of drug-likeness (QED) is 0.0573. The fourth-order valence-corrected chi connectivity index (χ4v) is 7.59. The second kappa shape index (κ2) is 18.6. The second-order valence-electron chi connectivity index (χ2n) is 8.92. The van der Waals surface area contributed by atoms with Crippen LogP contribution < -0.4 is 5.32 Å². The number of thiazole rings is 1. The molecule has 0 saturated heterocycles. The molecule has 23 heteroatoms. The molecule has 0 spiro atoms. The van der Waals surface area contributed by atoms with Crippen molar-refractivity contribution in [2.24, 2.45) is 5.16 Å². The summed E-state index contributed by atoms with van der Waals surface area (Å²) in [5.41, 5.74) is -2.06. The molecule has 0 aromatic carbocycles. The van der Waals surface area contributed by atoms with Crippen molar-refractivity contribution in [3.05, 3.63) is 11.1 Å². The van der Waals surface area contributed by atoms with Crippen molar-refractivity contribution >= 4 is 55.4 Å². The van der Waals surface area contributed by atoms with Crippen LogP contribution in [0.4, 0.5) is 9.93 Å². The van der Waals surface area contributed by atoms with Gasteiger partial charge in [-0.2, -0.15) is 0 Å². The smallest absolute Gasteiger partial charge is 0.476 e. The molecule has 0 unspecified atom stereocenters. The zero-order chi connectivity index (χ0) is 34.3. The minimum Gasteiger partial charge on any atom is -0.476 e. The van der Waals surface area contributed by atoms with Gasteiger partial charge in [0, 0.05) is 5.38 Å². The highest BCUT2D eigenvalue weighted by atomic mass is 32.1. The first-order valence-corrected chi connectivity index (χ1v) is 17.0. The van der Waals surface area contributed by atoms with Gasteiger partial charge in [-0.3, -0.25) is 4.79 Å². The molecule has 0 aliphatic rings. The number of aliphatic carboxylic acids is 1. The van der Waals surface area contributed by atoms with Crippen LogP contribution in [0.25, 0.3) is 0 Å². The fraction of sp³-hybridized carbons (Fsp3) is 0.682. The van der Waals surface area contributed by atoms with Crippen LogP contribution in [0, 0.1) is 0 Å². The first kappa shape index (κ1) is 40.5. The number of carbonyl (C=O) groups excluding carboxylic acids is 2. The summed E-state index contributed by atoms with van der Waals surface area (Å²) in [6.45, 7) is 8.75. The fourth-order valence-electron chi connectivity index (χ4n) is 2.74. The van der Waals surface area contributed by atoms with Gasteiger partial charge >= 0.3 is 32.4 Å². The third kappa shape index (κ3) is 11.6. The highest BCUT2D eigenvalue weighted by molar-refractivity contribution is 7.73. The van der Waals surface area contributed by atoms with Crippen molar-refractivity contribution in [3.63, 3.8) is 0 Å². The SMILES string of the molecule is CCOOP(=O)(OOCC)C(CC(=O)Nc1nc(/C(=N\OC)C(=O)O)cs1)(OC(=O)OC(C)(C)C)P(=O)(OOCC)OOCC. The highest BCUT2D eigenvalue weighted by Crippen LogP contribution is 2.80. The van der Waals surface area contributed by atoms with Crippen LogP contribution in [-0.2, 0) is 71.3 Å². The maximum atomic E-state index is 14.5. The number of aromatic nitrogens is 1. The minimum absolute atomic E-state index is 0.212. The van der Waals surface area contributed by atoms with Gasteiger partial charge in [0.2, 0.25) is 11.6 Å². The normalized spacial score (nSPS) is 12.9. The molecule has 0 aliphatic carbocycles. The van der Waals surface area contributed by atoms with E-state index in [-0.39, 0.29) is 37.3 Å². The molecule has 1 aromatic rings. The maximum absolute atomic E-state index is 14.5. The van der Waals surface area contributed by atoms with E-state index in [2.05, 4.69) is 20.3 Å². The molecule has 0 saturated carbocycles. The van der Waals surface area contributed by atoms with E-state index in [9.17, 15) is 28.6 Å². The highest BCUT2D eigenvalue weighted by Gasteiger charge is 2.74. The van der Waals surface area contributed by atoms with Crippen molar-refractivity contribution < 1.29 is 81.2 Å². The molecule has 2 N–H and O–H groups in total. The van der Waals surface area contributed by atoms with Gasteiger partial charge in [0.15, 0.2) is 5.13 Å². The Morgan fingerprint density at radius 1 is 0.889 bits per heavy atom. The summed E-state index contributed by atoms with van der Waals surface area (Å²) in [6.07, 6.45) is -3.09. The summed E-state index contributed by atoms with van der Waals surface area (Å²) in [7, 11) is -9.96. The lowest BCUT2D eigenvalue weighted by atomic mass is 10.2. The predicted molar refractivity (Wildman–Crippen MR) is 153 cm³/mol. The number of ether oxygens (including phenoxy) is 2. The summed E-state index contributed by atoms with van der Waals surface area (Å²) in [4.78, 5) is 65.9. The van der Waals surface area contributed by atoms with Gasteiger partial charge in [0.25, 0.3) is 0 Å². The molecule has 0 radical (unpaired) electrons. The number of hydrogen-bond donors (Lipinski definition) is 2. The number of hydrogen-bond acceptors (Lipinski definition) is 19. The Morgan fingerprint density at radius 2 is 1.36 bits per heavy atom. The number of oxime groups is 1. The summed E-state index contributed by atoms with van der Waals surface area (Å²) >= 11 is 0.731. The Bertz CT molecular complexity index is 1190. The van der Waals surface area contributed by atoms with Crippen LogP contribution in [-0.4, -0.2) is 78.1 Å². The van der Waals surface area contributed by atoms with Crippen LogP contribution >= 0.6 is 26.5 Å². The van der Waals surface area contributed by atoms with Crippen LogP contribution in [0.3, 0.4) is 0 Å². The predicted octanol–water partition coefficient (Wildman–Crippen LogP) is 4.77. The van der Waals surface area contributed by atoms with E-state index in [0.29, 0.717) is 0 Å². The lowest BCUT2D eigenvalue weighted by molar-refractivity contribution is -0.283. The number of anilines is 1. The van der Waals surface area contributed by atoms with Crippen LogP contribution in [0.5, 0.6) is 0 Å². The summed E-state index contributed by atoms with van der Waals surface area (Å²) in [5.74, 6) is -2.74. The average Bonchev–Trinajstić information content (AvgIpc) is 3.41. The number of carboxylic acid groups (broad SMARTS) is 1. The van der Waals surface area contributed by atoms with Crippen LogP contribution in [0.1, 0.15) is 60.6 Å². The van der Waals surface area contributed by atoms with Crippen LogP contribution in [0.2, 0.25) is 0 Å². The molecular formula is C22H37N3O17P2S. The lowest BCUT2D eigenvalue weighted by Gasteiger charge is -2.38. The van der Waals surface area contributed by atoms with Gasteiger partial charge in [0.1, 0.15) is 18.4 Å². The van der Waals surface area contributed by atoms with E-state index in [1.54, 1.807) is 0 Å². The molecule has 0 aliphatic heterocycles. The molecule has 258 valence electrons. The zero-order valence-corrected chi connectivity index (χ0v) is 28.4. The molecule has 0 atom stereocenters. The van der Waals surface area contributed by atoms with E-state index in [4.69, 9.17) is 47.7 Å². The molecule has 1 aromatic heterocycles. The standard InChI is InChI=1S/C22H37N3O17P2S/c1-9-33-39-43(30,40-34-10-2)22(38-20(29)37-21(5,6)7,44(31,41-35-11-3)42-36-12-4)13-16(26)24-19-23-15(14-45-19)17(18(27)28)25-32-8/h14H,9-13H2,1-8H3,(H,27,28)(H,23,24,26)/b25-17+. The Labute approximate surface area is 262 Å². The molecule has 1 heterocycles. The van der Waals surface area contributed by atoms with Crippen molar-refractivity contribution in [1.29, 1.82) is 0 Å². The zero-order valence-electron chi connectivity index (χ0n) is 25.8. The number of carboxylic acids is 1. The Hall–Kier alpha value is -2.55. The lowest BCUT2D eigenvalue weighted by Crippen LogP contribution is -2.42. The van der Waals surface area contributed by atoms with Gasteiger partial charge in [0.05, 0.1) is 32.8 Å². The number of nitrogens with zero attached hydrogens (tertiary/aromatic N) is 2. The van der Waals surface area contributed by atoms with Crippen molar-refractivity contribution in [2.45, 2.75) is 65.6 Å². The minimum atomic E-state index is -5.54. The van der Waals surface area contributed by atoms with Gasteiger partial charge in [-0.15, -0.1) is 30.0 Å². The van der Waals surface area contributed by atoms with Crippen molar-refractivity contribution in [3.8, 4) is 0 Å². The molecule has 20 nitrogen and oxygen atoms in total. The second-order valence-corrected chi connectivity index (χ2v) is 14.2. The Balaban J connectivity index is 3.92. The number of carbonyl (C=O) groups is 3. The van der Waals surface area contributed by atoms with Crippen LogP contribution in [0.15, 0.2) is 10.5 Å². The van der Waals surface area contributed by atoms with E-state index < -0.39 is 56.0 Å². The van der Waals surface area contributed by atoms with E-state index in [0.717, 1.165) is 18.4 Å². The Morgan fingerprint density at radius 3 is 1.73 bits per heavy atom. The molecule has 1 amide bonds. The third-order valence-corrected chi connectivity index (χ3v) is 9.98. The molecule has 1 rings (SSSR count). The Kier molecular flexibility index (Phi) is 16.7. The summed E-state index contributed by atoms with van der Waals surface area (Å²) in [6, 6.07) is 0. The molecular weight excluding hydrogens is 672 g/mol. The maximum Gasteiger partial charge on any atom is 0.510 e. The van der Waals surface area contributed by atoms with E-state index in [1.807, 2.05) is 0 Å². The monoisotopic (exact) mass is 709 g/mol. The van der Waals surface area contributed by atoms with Gasteiger partial charge < -0.3 is 24.7 Å². The van der Waals surface area contributed by atoms with E-state index in [1.165, 1.54) is 53.8 Å². The summed E-state index contributed by atoms with van der Waals surface area (Å²) < 4.78 is 59.4. The molecule has 45 heavy (non-hydrogen) atoms. The van der Waals surface area contributed by atoms with Crippen molar-refractivity contribution in [1.82, 2.24) is 4.98 Å². The molecule has 0 fully saturated rings. The third-order valence-electron chi connectivity index (χ3n) is 4.34. The van der Waals surface area contributed by atoms with Gasteiger partial charge in [-0.25, -0.2) is 43.3 Å².